The fourth-order valence-corrected chi connectivity index (χ4v) is 0.612. The fourth-order valence-electron chi connectivity index (χ4n) is 0.612. The van der Waals surface area contributed by atoms with E-state index in [1.54, 1.807) is 0 Å². The SMILES string of the molecule is C=C1OCO/C1=C(/C)O. The van der Waals surface area contributed by atoms with Crippen LogP contribution in [0.1, 0.15) is 6.92 Å². The molecule has 0 atom stereocenters. The Labute approximate surface area is 53.2 Å². The quantitative estimate of drug-likeness (QED) is 0.499. The van der Waals surface area contributed by atoms with Crippen molar-refractivity contribution in [3.8, 4) is 0 Å². The van der Waals surface area contributed by atoms with Crippen molar-refractivity contribution in [1.29, 1.82) is 0 Å². The highest BCUT2D eigenvalue weighted by atomic mass is 16.7. The zero-order chi connectivity index (χ0) is 6.85. The van der Waals surface area contributed by atoms with Gasteiger partial charge in [-0.1, -0.05) is 6.58 Å². The number of aliphatic hydroxyl groups excluding tert-OH is 1. The molecule has 0 unspecified atom stereocenters. The zero-order valence-corrected chi connectivity index (χ0v) is 5.18. The molecule has 0 amide bonds. The topological polar surface area (TPSA) is 38.7 Å². The molecule has 0 bridgehead atoms. The van der Waals surface area contributed by atoms with Crippen LogP contribution in [-0.2, 0) is 9.47 Å². The van der Waals surface area contributed by atoms with Crippen molar-refractivity contribution in [2.75, 3.05) is 6.79 Å². The van der Waals surface area contributed by atoms with Crippen LogP contribution in [0.5, 0.6) is 0 Å². The van der Waals surface area contributed by atoms with Gasteiger partial charge in [-0.2, -0.15) is 0 Å². The number of allylic oxidation sites excluding steroid dienone is 1. The first-order valence-corrected chi connectivity index (χ1v) is 2.56. The van der Waals surface area contributed by atoms with Gasteiger partial charge in [0.2, 0.25) is 12.6 Å². The summed E-state index contributed by atoms with van der Waals surface area (Å²) in [5.41, 5.74) is 0. The highest BCUT2D eigenvalue weighted by Crippen LogP contribution is 2.20. The number of rotatable bonds is 0. The van der Waals surface area contributed by atoms with E-state index in [4.69, 9.17) is 14.6 Å². The van der Waals surface area contributed by atoms with Crippen LogP contribution in [0.15, 0.2) is 23.9 Å². The second kappa shape index (κ2) is 2.01. The summed E-state index contributed by atoms with van der Waals surface area (Å²) >= 11 is 0. The lowest BCUT2D eigenvalue weighted by atomic mass is 10.4. The van der Waals surface area contributed by atoms with E-state index >= 15 is 0 Å². The molecule has 0 aromatic heterocycles. The maximum atomic E-state index is 8.84. The molecule has 1 heterocycles. The maximum absolute atomic E-state index is 8.84. The van der Waals surface area contributed by atoms with Crippen LogP contribution in [0, 0.1) is 0 Å². The zero-order valence-electron chi connectivity index (χ0n) is 5.18. The molecule has 3 nitrogen and oxygen atoms in total. The minimum absolute atomic E-state index is 0.109. The molecule has 1 N–H and O–H groups in total. The van der Waals surface area contributed by atoms with Gasteiger partial charge in [-0.15, -0.1) is 0 Å². The molecule has 0 aromatic carbocycles. The Morgan fingerprint density at radius 3 is 2.56 bits per heavy atom. The van der Waals surface area contributed by atoms with Crippen molar-refractivity contribution >= 4 is 0 Å². The standard InChI is InChI=1S/C6H8O3/c1-4(7)6-5(2)8-3-9-6/h7H,2-3H2,1H3/b6-4-. The van der Waals surface area contributed by atoms with Gasteiger partial charge in [-0.25, -0.2) is 0 Å². The Kier molecular flexibility index (Phi) is 1.34. The smallest absolute Gasteiger partial charge is 0.231 e. The fraction of sp³-hybridized carbons (Fsp3) is 0.333. The molecule has 1 saturated heterocycles. The van der Waals surface area contributed by atoms with E-state index < -0.39 is 0 Å². The molecule has 0 spiro atoms. The molecule has 0 aliphatic carbocycles. The summed E-state index contributed by atoms with van der Waals surface area (Å²) < 4.78 is 9.63. The molecular weight excluding hydrogens is 120 g/mol. The second-order valence-electron chi connectivity index (χ2n) is 1.74. The van der Waals surface area contributed by atoms with Crippen molar-refractivity contribution in [2.45, 2.75) is 6.92 Å². The Hall–Kier alpha value is -1.12. The Morgan fingerprint density at radius 2 is 2.33 bits per heavy atom. The average molecular weight is 128 g/mol. The summed E-state index contributed by atoms with van der Waals surface area (Å²) in [7, 11) is 0. The monoisotopic (exact) mass is 128 g/mol. The van der Waals surface area contributed by atoms with E-state index in [1.165, 1.54) is 6.92 Å². The van der Waals surface area contributed by atoms with Gasteiger partial charge in [0.15, 0.2) is 5.76 Å². The van der Waals surface area contributed by atoms with Gasteiger partial charge in [-0.3, -0.25) is 0 Å². The number of hydrogen-bond acceptors (Lipinski definition) is 3. The Bertz CT molecular complexity index is 165. The average Bonchev–Trinajstić information content (AvgIpc) is 2.13. The van der Waals surface area contributed by atoms with Crippen LogP contribution in [0.25, 0.3) is 0 Å². The van der Waals surface area contributed by atoms with Crippen LogP contribution in [0.3, 0.4) is 0 Å². The lowest BCUT2D eigenvalue weighted by Crippen LogP contribution is -1.85. The van der Waals surface area contributed by atoms with Crippen LogP contribution >= 0.6 is 0 Å². The van der Waals surface area contributed by atoms with E-state index in [2.05, 4.69) is 6.58 Å². The summed E-state index contributed by atoms with van der Waals surface area (Å²) in [6.07, 6.45) is 0. The third-order valence-electron chi connectivity index (χ3n) is 1.02. The van der Waals surface area contributed by atoms with E-state index in [0.29, 0.717) is 11.5 Å². The summed E-state index contributed by atoms with van der Waals surface area (Å²) in [6, 6.07) is 0. The van der Waals surface area contributed by atoms with Crippen molar-refractivity contribution in [3.05, 3.63) is 23.9 Å². The number of aliphatic hydroxyl groups is 1. The molecule has 1 rings (SSSR count). The molecule has 1 aliphatic rings. The van der Waals surface area contributed by atoms with Gasteiger partial charge >= 0.3 is 0 Å². The van der Waals surface area contributed by atoms with Gasteiger partial charge in [0.05, 0.1) is 0 Å². The predicted molar refractivity (Wildman–Crippen MR) is 31.5 cm³/mol. The minimum atomic E-state index is 0.109. The molecular formula is C6H8O3. The van der Waals surface area contributed by atoms with Crippen LogP contribution in [0.2, 0.25) is 0 Å². The minimum Gasteiger partial charge on any atom is -0.509 e. The Balaban J connectivity index is 2.83. The van der Waals surface area contributed by atoms with Crippen molar-refractivity contribution < 1.29 is 14.6 Å². The highest BCUT2D eigenvalue weighted by molar-refractivity contribution is 5.20. The van der Waals surface area contributed by atoms with E-state index in [1.807, 2.05) is 0 Å². The lowest BCUT2D eigenvalue weighted by molar-refractivity contribution is 0.0947. The van der Waals surface area contributed by atoms with Gasteiger partial charge in [-0.05, 0) is 6.92 Å². The summed E-state index contributed by atoms with van der Waals surface area (Å²) in [5.74, 6) is 0.863. The normalized spacial score (nSPS) is 23.0. The first-order chi connectivity index (χ1) is 4.22. The largest absolute Gasteiger partial charge is 0.509 e. The molecule has 0 radical (unpaired) electrons. The second-order valence-corrected chi connectivity index (χ2v) is 1.74. The van der Waals surface area contributed by atoms with Gasteiger partial charge in [0.1, 0.15) is 5.76 Å². The Morgan fingerprint density at radius 1 is 1.67 bits per heavy atom. The first-order valence-electron chi connectivity index (χ1n) is 2.56. The van der Waals surface area contributed by atoms with E-state index in [0.717, 1.165) is 0 Å². The third-order valence-corrected chi connectivity index (χ3v) is 1.02. The van der Waals surface area contributed by atoms with Crippen molar-refractivity contribution in [1.82, 2.24) is 0 Å². The summed E-state index contributed by atoms with van der Waals surface area (Å²) in [6.45, 7) is 5.17. The number of ether oxygens (including phenoxy) is 2. The lowest BCUT2D eigenvalue weighted by Gasteiger charge is -1.94. The van der Waals surface area contributed by atoms with Crippen molar-refractivity contribution in [2.24, 2.45) is 0 Å². The van der Waals surface area contributed by atoms with Gasteiger partial charge in [0, 0.05) is 0 Å². The molecule has 0 aromatic rings. The van der Waals surface area contributed by atoms with Crippen molar-refractivity contribution in [3.63, 3.8) is 0 Å². The molecule has 1 fully saturated rings. The van der Waals surface area contributed by atoms with Crippen LogP contribution in [0.4, 0.5) is 0 Å². The highest BCUT2D eigenvalue weighted by Gasteiger charge is 2.16. The molecule has 9 heavy (non-hydrogen) atoms. The predicted octanol–water partition coefficient (Wildman–Crippen LogP) is 1.29. The third kappa shape index (κ3) is 0.988. The van der Waals surface area contributed by atoms with Gasteiger partial charge in [0.25, 0.3) is 0 Å². The number of hydrogen-bond donors (Lipinski definition) is 1. The molecule has 0 saturated carbocycles. The summed E-state index contributed by atoms with van der Waals surface area (Å²) in [5, 5.41) is 8.84. The molecule has 1 aliphatic heterocycles. The van der Waals surface area contributed by atoms with E-state index in [-0.39, 0.29) is 12.6 Å². The van der Waals surface area contributed by atoms with Crippen LogP contribution in [-0.4, -0.2) is 11.9 Å². The van der Waals surface area contributed by atoms with Crippen LogP contribution < -0.4 is 0 Å². The van der Waals surface area contributed by atoms with Gasteiger partial charge < -0.3 is 14.6 Å². The summed E-state index contributed by atoms with van der Waals surface area (Å²) in [4.78, 5) is 0. The molecule has 50 valence electrons. The maximum Gasteiger partial charge on any atom is 0.231 e. The first kappa shape index (κ1) is 6.01. The van der Waals surface area contributed by atoms with E-state index in [9.17, 15) is 0 Å². The molecule has 3 heteroatoms.